The van der Waals surface area contributed by atoms with Gasteiger partial charge in [-0.1, -0.05) is 19.8 Å². The van der Waals surface area contributed by atoms with Crippen LogP contribution in [-0.4, -0.2) is 49.1 Å². The van der Waals surface area contributed by atoms with Crippen molar-refractivity contribution in [3.05, 3.63) is 0 Å². The van der Waals surface area contributed by atoms with Gasteiger partial charge in [0.05, 0.1) is 0 Å². The molecule has 4 heteroatoms. The number of likely N-dealkylation sites (tertiary alicyclic amines) is 1. The van der Waals surface area contributed by atoms with Gasteiger partial charge in [0.1, 0.15) is 0 Å². The zero-order chi connectivity index (χ0) is 14.5. The normalized spacial score (nSPS) is 28.1. The maximum absolute atomic E-state index is 4.74. The molecular formula is C16H32N4. The molecule has 0 aromatic rings. The fraction of sp³-hybridized carbons (Fsp3) is 0.938. The molecule has 0 spiro atoms. The van der Waals surface area contributed by atoms with Gasteiger partial charge in [-0.15, -0.1) is 0 Å². The third kappa shape index (κ3) is 4.65. The molecule has 1 heterocycles. The summed E-state index contributed by atoms with van der Waals surface area (Å²) >= 11 is 0. The molecular weight excluding hydrogens is 248 g/mol. The predicted molar refractivity (Wildman–Crippen MR) is 86.1 cm³/mol. The number of guanidine groups is 1. The van der Waals surface area contributed by atoms with E-state index in [1.807, 2.05) is 0 Å². The molecule has 2 rings (SSSR count). The van der Waals surface area contributed by atoms with Crippen molar-refractivity contribution in [3.63, 3.8) is 0 Å². The third-order valence-corrected chi connectivity index (χ3v) is 4.54. The molecule has 0 bridgehead atoms. The van der Waals surface area contributed by atoms with Crippen molar-refractivity contribution in [3.8, 4) is 0 Å². The SMILES string of the molecule is CCNC(=NCCC1CC1)NC1CN(C(C)C)CC1C. The highest BCUT2D eigenvalue weighted by atomic mass is 15.3. The van der Waals surface area contributed by atoms with Gasteiger partial charge >= 0.3 is 0 Å². The minimum atomic E-state index is 0.524. The number of hydrogen-bond donors (Lipinski definition) is 2. The van der Waals surface area contributed by atoms with Crippen LogP contribution in [0.25, 0.3) is 0 Å². The molecule has 0 radical (unpaired) electrons. The Bertz CT molecular complexity index is 322. The van der Waals surface area contributed by atoms with Crippen molar-refractivity contribution in [1.82, 2.24) is 15.5 Å². The first-order chi connectivity index (χ1) is 9.60. The zero-order valence-corrected chi connectivity index (χ0v) is 13.7. The van der Waals surface area contributed by atoms with Crippen LogP contribution in [0.4, 0.5) is 0 Å². The van der Waals surface area contributed by atoms with Gasteiger partial charge in [-0.3, -0.25) is 9.89 Å². The molecule has 2 atom stereocenters. The second-order valence-electron chi connectivity index (χ2n) is 6.77. The van der Waals surface area contributed by atoms with Crippen molar-refractivity contribution in [2.75, 3.05) is 26.2 Å². The minimum absolute atomic E-state index is 0.524. The lowest BCUT2D eigenvalue weighted by atomic mass is 10.1. The first-order valence-corrected chi connectivity index (χ1v) is 8.39. The maximum Gasteiger partial charge on any atom is 0.191 e. The monoisotopic (exact) mass is 280 g/mol. The Morgan fingerprint density at radius 3 is 2.60 bits per heavy atom. The van der Waals surface area contributed by atoms with Crippen LogP contribution in [0.5, 0.6) is 0 Å². The largest absolute Gasteiger partial charge is 0.357 e. The topological polar surface area (TPSA) is 39.7 Å². The van der Waals surface area contributed by atoms with Crippen LogP contribution in [0, 0.1) is 11.8 Å². The van der Waals surface area contributed by atoms with E-state index in [0.717, 1.165) is 31.5 Å². The van der Waals surface area contributed by atoms with Crippen molar-refractivity contribution in [2.24, 2.45) is 16.8 Å². The van der Waals surface area contributed by atoms with Crippen molar-refractivity contribution in [2.45, 2.75) is 59.0 Å². The Morgan fingerprint density at radius 2 is 2.05 bits per heavy atom. The Labute approximate surface area is 124 Å². The molecule has 2 fully saturated rings. The van der Waals surface area contributed by atoms with E-state index in [0.29, 0.717) is 18.0 Å². The quantitative estimate of drug-likeness (QED) is 0.578. The molecule has 2 N–H and O–H groups in total. The van der Waals surface area contributed by atoms with Crippen LogP contribution in [0.1, 0.15) is 47.0 Å². The molecule has 116 valence electrons. The smallest absolute Gasteiger partial charge is 0.191 e. The van der Waals surface area contributed by atoms with Gasteiger partial charge in [0, 0.05) is 38.3 Å². The second kappa shape index (κ2) is 7.30. The van der Waals surface area contributed by atoms with Crippen LogP contribution in [0.3, 0.4) is 0 Å². The summed E-state index contributed by atoms with van der Waals surface area (Å²) in [6.07, 6.45) is 4.10. The van der Waals surface area contributed by atoms with Crippen LogP contribution in [0.15, 0.2) is 4.99 Å². The molecule has 4 nitrogen and oxygen atoms in total. The summed E-state index contributed by atoms with van der Waals surface area (Å²) in [5.41, 5.74) is 0. The fourth-order valence-corrected chi connectivity index (χ4v) is 2.87. The molecule has 1 aliphatic heterocycles. The van der Waals surface area contributed by atoms with Crippen LogP contribution >= 0.6 is 0 Å². The number of rotatable bonds is 6. The molecule has 1 saturated heterocycles. The van der Waals surface area contributed by atoms with Crippen molar-refractivity contribution < 1.29 is 0 Å². The van der Waals surface area contributed by atoms with Gasteiger partial charge in [0.15, 0.2) is 5.96 Å². The Balaban J connectivity index is 1.83. The lowest BCUT2D eigenvalue weighted by molar-refractivity contribution is 0.265. The van der Waals surface area contributed by atoms with E-state index in [1.54, 1.807) is 0 Å². The highest BCUT2D eigenvalue weighted by molar-refractivity contribution is 5.80. The Morgan fingerprint density at radius 1 is 1.30 bits per heavy atom. The van der Waals surface area contributed by atoms with Gasteiger partial charge in [-0.05, 0) is 39.0 Å². The Kier molecular flexibility index (Phi) is 5.70. The van der Waals surface area contributed by atoms with Crippen molar-refractivity contribution in [1.29, 1.82) is 0 Å². The van der Waals surface area contributed by atoms with E-state index in [4.69, 9.17) is 4.99 Å². The number of aliphatic imine (C=N–C) groups is 1. The van der Waals surface area contributed by atoms with Crippen LogP contribution < -0.4 is 10.6 Å². The lowest BCUT2D eigenvalue weighted by Crippen LogP contribution is -2.46. The molecule has 0 aromatic heterocycles. The summed E-state index contributed by atoms with van der Waals surface area (Å²) in [5.74, 6) is 2.66. The predicted octanol–water partition coefficient (Wildman–Crippen LogP) is 2.07. The summed E-state index contributed by atoms with van der Waals surface area (Å²) in [7, 11) is 0. The summed E-state index contributed by atoms with van der Waals surface area (Å²) < 4.78 is 0. The standard InChI is InChI=1S/C16H32N4/c1-5-17-16(18-9-8-14-6-7-14)19-15-11-20(12(2)3)10-13(15)4/h12-15H,5-11H2,1-4H3,(H2,17,18,19). The molecule has 20 heavy (non-hydrogen) atoms. The molecule has 1 saturated carbocycles. The molecule has 0 aromatic carbocycles. The van der Waals surface area contributed by atoms with E-state index in [9.17, 15) is 0 Å². The summed E-state index contributed by atoms with van der Waals surface area (Å²) in [4.78, 5) is 7.29. The highest BCUT2D eigenvalue weighted by Gasteiger charge is 2.31. The van der Waals surface area contributed by atoms with Gasteiger partial charge in [-0.25, -0.2) is 0 Å². The average molecular weight is 280 g/mol. The van der Waals surface area contributed by atoms with Crippen LogP contribution in [0.2, 0.25) is 0 Å². The summed E-state index contributed by atoms with van der Waals surface area (Å²) in [6.45, 7) is 13.3. The molecule has 2 unspecified atom stereocenters. The van der Waals surface area contributed by atoms with Crippen molar-refractivity contribution >= 4 is 5.96 Å². The first kappa shape index (κ1) is 15.6. The minimum Gasteiger partial charge on any atom is -0.357 e. The van der Waals surface area contributed by atoms with E-state index >= 15 is 0 Å². The van der Waals surface area contributed by atoms with Gasteiger partial charge < -0.3 is 10.6 Å². The number of hydrogen-bond acceptors (Lipinski definition) is 2. The number of nitrogens with zero attached hydrogens (tertiary/aromatic N) is 2. The van der Waals surface area contributed by atoms with Gasteiger partial charge in [0.25, 0.3) is 0 Å². The van der Waals surface area contributed by atoms with Crippen LogP contribution in [-0.2, 0) is 0 Å². The molecule has 1 aliphatic carbocycles. The van der Waals surface area contributed by atoms with E-state index in [2.05, 4.69) is 43.2 Å². The molecule has 2 aliphatic rings. The average Bonchev–Trinajstić information content (AvgIpc) is 3.14. The molecule has 0 amide bonds. The lowest BCUT2D eigenvalue weighted by Gasteiger charge is -2.21. The Hall–Kier alpha value is -0.770. The first-order valence-electron chi connectivity index (χ1n) is 8.39. The maximum atomic E-state index is 4.74. The summed E-state index contributed by atoms with van der Waals surface area (Å²) in [5, 5.41) is 7.03. The second-order valence-corrected chi connectivity index (χ2v) is 6.77. The summed E-state index contributed by atoms with van der Waals surface area (Å²) in [6, 6.07) is 1.16. The highest BCUT2D eigenvalue weighted by Crippen LogP contribution is 2.32. The number of nitrogens with one attached hydrogen (secondary N) is 2. The van der Waals surface area contributed by atoms with E-state index in [1.165, 1.54) is 25.8 Å². The fourth-order valence-electron chi connectivity index (χ4n) is 2.87. The zero-order valence-electron chi connectivity index (χ0n) is 13.7. The van der Waals surface area contributed by atoms with Gasteiger partial charge in [0.2, 0.25) is 0 Å². The van der Waals surface area contributed by atoms with Gasteiger partial charge in [-0.2, -0.15) is 0 Å². The van der Waals surface area contributed by atoms with E-state index in [-0.39, 0.29) is 0 Å². The van der Waals surface area contributed by atoms with E-state index < -0.39 is 0 Å². The third-order valence-electron chi connectivity index (χ3n) is 4.54.